The van der Waals surface area contributed by atoms with Crippen LogP contribution in [0.4, 0.5) is 0 Å². The van der Waals surface area contributed by atoms with E-state index in [9.17, 15) is 5.11 Å². The summed E-state index contributed by atoms with van der Waals surface area (Å²) in [5.41, 5.74) is 0.345. The second-order valence-electron chi connectivity index (χ2n) is 5.97. The molecule has 0 radical (unpaired) electrons. The predicted molar refractivity (Wildman–Crippen MR) is 67.0 cm³/mol. The molecule has 0 heterocycles. The molecule has 1 N–H and O–H groups in total. The van der Waals surface area contributed by atoms with Crippen LogP contribution in [0.3, 0.4) is 0 Å². The number of hydrogen-bond donors (Lipinski definition) is 1. The third-order valence-corrected chi connectivity index (χ3v) is 4.42. The lowest BCUT2D eigenvalue weighted by Crippen LogP contribution is -2.31. The van der Waals surface area contributed by atoms with Crippen molar-refractivity contribution in [2.45, 2.75) is 51.2 Å². The lowest BCUT2D eigenvalue weighted by molar-refractivity contribution is -0.0127. The molecule has 2 fully saturated rings. The first-order valence-corrected chi connectivity index (χ1v) is 6.51. The SMILES string of the molecule is CC1(C(C)(O)c2ccc(OC3CC3)cc2)CC1. The second kappa shape index (κ2) is 3.49. The van der Waals surface area contributed by atoms with E-state index >= 15 is 0 Å². The highest BCUT2D eigenvalue weighted by atomic mass is 16.5. The highest BCUT2D eigenvalue weighted by molar-refractivity contribution is 5.33. The number of benzene rings is 1. The van der Waals surface area contributed by atoms with Crippen LogP contribution in [0.15, 0.2) is 24.3 Å². The monoisotopic (exact) mass is 232 g/mol. The molecule has 17 heavy (non-hydrogen) atoms. The molecule has 1 aromatic rings. The number of rotatable bonds is 4. The molecular weight excluding hydrogens is 212 g/mol. The molecule has 0 spiro atoms. The van der Waals surface area contributed by atoms with E-state index in [0.717, 1.165) is 24.2 Å². The molecule has 0 bridgehead atoms. The summed E-state index contributed by atoms with van der Waals surface area (Å²) in [6.07, 6.45) is 5.01. The average molecular weight is 232 g/mol. The Morgan fingerprint density at radius 3 is 2.29 bits per heavy atom. The van der Waals surface area contributed by atoms with E-state index in [0.29, 0.717) is 6.10 Å². The molecule has 1 unspecified atom stereocenters. The van der Waals surface area contributed by atoms with Gasteiger partial charge in [0.25, 0.3) is 0 Å². The molecule has 2 heteroatoms. The first-order valence-electron chi connectivity index (χ1n) is 6.51. The van der Waals surface area contributed by atoms with Gasteiger partial charge in [-0.15, -0.1) is 0 Å². The van der Waals surface area contributed by atoms with E-state index in [4.69, 9.17) is 4.74 Å². The van der Waals surface area contributed by atoms with Crippen molar-refractivity contribution < 1.29 is 9.84 Å². The van der Waals surface area contributed by atoms with Crippen LogP contribution >= 0.6 is 0 Å². The Balaban J connectivity index is 1.78. The van der Waals surface area contributed by atoms with Crippen molar-refractivity contribution in [3.8, 4) is 5.75 Å². The van der Waals surface area contributed by atoms with Gasteiger partial charge in [0.1, 0.15) is 5.75 Å². The quantitative estimate of drug-likeness (QED) is 0.863. The zero-order chi connectivity index (χ0) is 12.1. The van der Waals surface area contributed by atoms with Gasteiger partial charge in [-0.25, -0.2) is 0 Å². The largest absolute Gasteiger partial charge is 0.490 e. The van der Waals surface area contributed by atoms with Gasteiger partial charge >= 0.3 is 0 Å². The van der Waals surface area contributed by atoms with E-state index in [1.807, 2.05) is 31.2 Å². The van der Waals surface area contributed by atoms with Gasteiger partial charge in [-0.3, -0.25) is 0 Å². The van der Waals surface area contributed by atoms with Gasteiger partial charge in [-0.2, -0.15) is 0 Å². The fraction of sp³-hybridized carbons (Fsp3) is 0.600. The van der Waals surface area contributed by atoms with Gasteiger partial charge < -0.3 is 9.84 Å². The van der Waals surface area contributed by atoms with Crippen molar-refractivity contribution in [1.29, 1.82) is 0 Å². The van der Waals surface area contributed by atoms with Crippen molar-refractivity contribution in [3.05, 3.63) is 29.8 Å². The zero-order valence-corrected chi connectivity index (χ0v) is 10.6. The smallest absolute Gasteiger partial charge is 0.119 e. The Hall–Kier alpha value is -1.02. The Morgan fingerprint density at radius 2 is 1.82 bits per heavy atom. The van der Waals surface area contributed by atoms with Gasteiger partial charge in [-0.1, -0.05) is 19.1 Å². The molecule has 0 saturated heterocycles. The third kappa shape index (κ3) is 1.95. The molecular formula is C15H20O2. The maximum Gasteiger partial charge on any atom is 0.119 e. The summed E-state index contributed by atoms with van der Waals surface area (Å²) in [7, 11) is 0. The minimum Gasteiger partial charge on any atom is -0.490 e. The first kappa shape index (κ1) is 11.1. The molecule has 2 aliphatic rings. The summed E-state index contributed by atoms with van der Waals surface area (Å²) in [5, 5.41) is 10.6. The van der Waals surface area contributed by atoms with Crippen LogP contribution in [0.1, 0.15) is 45.1 Å². The third-order valence-electron chi connectivity index (χ3n) is 4.42. The molecule has 0 aromatic heterocycles. The van der Waals surface area contributed by atoms with Gasteiger partial charge in [0.05, 0.1) is 11.7 Å². The summed E-state index contributed by atoms with van der Waals surface area (Å²) < 4.78 is 5.71. The Morgan fingerprint density at radius 1 is 1.24 bits per heavy atom. The van der Waals surface area contributed by atoms with Crippen LogP contribution in [0, 0.1) is 5.41 Å². The maximum atomic E-state index is 10.6. The topological polar surface area (TPSA) is 29.5 Å². The van der Waals surface area contributed by atoms with Crippen LogP contribution in [0.25, 0.3) is 0 Å². The molecule has 3 rings (SSSR count). The molecule has 2 aliphatic carbocycles. The fourth-order valence-electron chi connectivity index (χ4n) is 2.26. The summed E-state index contributed by atoms with van der Waals surface area (Å²) in [4.78, 5) is 0. The summed E-state index contributed by atoms with van der Waals surface area (Å²) in [5.74, 6) is 0.924. The molecule has 2 saturated carbocycles. The van der Waals surface area contributed by atoms with Gasteiger partial charge in [-0.05, 0) is 50.3 Å². The van der Waals surface area contributed by atoms with E-state index in [1.54, 1.807) is 0 Å². The number of hydrogen-bond acceptors (Lipinski definition) is 2. The van der Waals surface area contributed by atoms with Crippen LogP contribution in [-0.4, -0.2) is 11.2 Å². The maximum absolute atomic E-state index is 10.6. The molecule has 0 amide bonds. The highest BCUT2D eigenvalue weighted by Gasteiger charge is 2.52. The molecule has 1 aromatic carbocycles. The molecule has 0 aliphatic heterocycles. The summed E-state index contributed by atoms with van der Waals surface area (Å²) >= 11 is 0. The average Bonchev–Trinajstić information content (AvgIpc) is 3.18. The second-order valence-corrected chi connectivity index (χ2v) is 5.97. The Kier molecular flexibility index (Phi) is 2.27. The molecule has 2 nitrogen and oxygen atoms in total. The first-order chi connectivity index (χ1) is 8.01. The fourth-order valence-corrected chi connectivity index (χ4v) is 2.26. The Labute approximate surface area is 103 Å². The minimum absolute atomic E-state index is 0.0614. The van der Waals surface area contributed by atoms with Crippen LogP contribution in [-0.2, 0) is 5.60 Å². The van der Waals surface area contributed by atoms with E-state index in [2.05, 4.69) is 6.92 Å². The molecule has 92 valence electrons. The van der Waals surface area contributed by atoms with Crippen LogP contribution < -0.4 is 4.74 Å². The summed E-state index contributed by atoms with van der Waals surface area (Å²) in [6.45, 7) is 4.08. The lowest BCUT2D eigenvalue weighted by atomic mass is 9.81. The van der Waals surface area contributed by atoms with Crippen molar-refractivity contribution in [2.75, 3.05) is 0 Å². The van der Waals surface area contributed by atoms with Crippen molar-refractivity contribution in [2.24, 2.45) is 5.41 Å². The van der Waals surface area contributed by atoms with Crippen molar-refractivity contribution >= 4 is 0 Å². The zero-order valence-electron chi connectivity index (χ0n) is 10.6. The Bertz CT molecular complexity index is 411. The number of ether oxygens (including phenoxy) is 1. The molecule has 1 atom stereocenters. The van der Waals surface area contributed by atoms with Gasteiger partial charge in [0, 0.05) is 5.41 Å². The standard InChI is InChI=1S/C15H20O2/c1-14(9-10-14)15(2,16)11-3-5-12(6-4-11)17-13-7-8-13/h3-6,13,16H,7-10H2,1-2H3. The van der Waals surface area contributed by atoms with Gasteiger partial charge in [0.2, 0.25) is 0 Å². The van der Waals surface area contributed by atoms with E-state index < -0.39 is 5.60 Å². The highest BCUT2D eigenvalue weighted by Crippen LogP contribution is 2.57. The predicted octanol–water partition coefficient (Wildman–Crippen LogP) is 3.24. The van der Waals surface area contributed by atoms with Crippen molar-refractivity contribution in [3.63, 3.8) is 0 Å². The van der Waals surface area contributed by atoms with E-state index in [1.165, 1.54) is 12.8 Å². The summed E-state index contributed by atoms with van der Waals surface area (Å²) in [6, 6.07) is 7.96. The van der Waals surface area contributed by atoms with Crippen LogP contribution in [0.2, 0.25) is 0 Å². The van der Waals surface area contributed by atoms with Gasteiger partial charge in [0.15, 0.2) is 0 Å². The number of aliphatic hydroxyl groups is 1. The van der Waals surface area contributed by atoms with Crippen LogP contribution in [0.5, 0.6) is 5.75 Å². The lowest BCUT2D eigenvalue weighted by Gasteiger charge is -2.31. The minimum atomic E-state index is -0.717. The normalized spacial score (nSPS) is 25.1. The van der Waals surface area contributed by atoms with E-state index in [-0.39, 0.29) is 5.41 Å². The van der Waals surface area contributed by atoms with Crippen molar-refractivity contribution in [1.82, 2.24) is 0 Å².